The molecule has 0 amide bonds. The van der Waals surface area contributed by atoms with Crippen LogP contribution in [0.15, 0.2) is 0 Å². The van der Waals surface area contributed by atoms with Gasteiger partial charge < -0.3 is 15.3 Å². The minimum atomic E-state index is -1.17. The molecule has 0 atom stereocenters. The van der Waals surface area contributed by atoms with E-state index in [0.717, 1.165) is 0 Å². The molecule has 0 heterocycles. The van der Waals surface area contributed by atoms with E-state index in [-0.39, 0.29) is 28.5 Å². The second kappa shape index (κ2) is 4.04. The lowest BCUT2D eigenvalue weighted by Crippen LogP contribution is -2.08. The lowest BCUT2D eigenvalue weighted by atomic mass is 9.89. The van der Waals surface area contributed by atoms with E-state index in [9.17, 15) is 15.0 Å². The Morgan fingerprint density at radius 2 is 1.56 bits per heavy atom. The number of phenols is 2. The monoisotopic (exact) mass is 224 g/mol. The molecule has 1 aromatic rings. The van der Waals surface area contributed by atoms with E-state index in [1.54, 1.807) is 6.92 Å². The Balaban J connectivity index is 3.76. The number of carboxylic acid groups (broad SMARTS) is 1. The van der Waals surface area contributed by atoms with Crippen LogP contribution in [0.1, 0.15) is 46.8 Å². The zero-order chi connectivity index (χ0) is 12.6. The van der Waals surface area contributed by atoms with Gasteiger partial charge in [0.2, 0.25) is 0 Å². The molecule has 0 spiro atoms. The molecule has 4 nitrogen and oxygen atoms in total. The van der Waals surface area contributed by atoms with Gasteiger partial charge in [-0.15, -0.1) is 0 Å². The van der Waals surface area contributed by atoms with Gasteiger partial charge in [-0.25, -0.2) is 4.79 Å². The minimum absolute atomic E-state index is 0.0359. The zero-order valence-corrected chi connectivity index (χ0v) is 9.83. The highest BCUT2D eigenvalue weighted by atomic mass is 16.4. The molecular weight excluding hydrogens is 208 g/mol. The molecule has 0 radical (unpaired) electrons. The SMILES string of the molecule is Cc1c(O)c(C)c(C(C)C)c(C(=O)O)c1O. The molecule has 0 aliphatic rings. The number of carbonyl (C=O) groups is 1. The maximum absolute atomic E-state index is 11.1. The highest BCUT2D eigenvalue weighted by Gasteiger charge is 2.24. The smallest absolute Gasteiger partial charge is 0.339 e. The van der Waals surface area contributed by atoms with Gasteiger partial charge in [0.1, 0.15) is 17.1 Å². The van der Waals surface area contributed by atoms with Crippen LogP contribution in [0.4, 0.5) is 0 Å². The molecule has 1 rings (SSSR count). The third kappa shape index (κ3) is 1.71. The Bertz CT molecular complexity index is 447. The first kappa shape index (κ1) is 12.4. The van der Waals surface area contributed by atoms with Crippen molar-refractivity contribution < 1.29 is 20.1 Å². The topological polar surface area (TPSA) is 77.8 Å². The van der Waals surface area contributed by atoms with Crippen LogP contribution in [0.3, 0.4) is 0 Å². The van der Waals surface area contributed by atoms with Gasteiger partial charge in [0, 0.05) is 5.56 Å². The zero-order valence-electron chi connectivity index (χ0n) is 9.83. The van der Waals surface area contributed by atoms with Crippen molar-refractivity contribution in [3.05, 3.63) is 22.3 Å². The summed E-state index contributed by atoms with van der Waals surface area (Å²) < 4.78 is 0. The van der Waals surface area contributed by atoms with Crippen LogP contribution in [0.5, 0.6) is 11.5 Å². The van der Waals surface area contributed by atoms with Crippen molar-refractivity contribution in [3.8, 4) is 11.5 Å². The van der Waals surface area contributed by atoms with Gasteiger partial charge in [-0.3, -0.25) is 0 Å². The predicted octanol–water partition coefficient (Wildman–Crippen LogP) is 2.54. The first-order valence-electron chi connectivity index (χ1n) is 5.07. The molecule has 16 heavy (non-hydrogen) atoms. The fourth-order valence-corrected chi connectivity index (χ4v) is 1.96. The number of hydrogen-bond acceptors (Lipinski definition) is 3. The predicted molar refractivity (Wildman–Crippen MR) is 60.3 cm³/mol. The van der Waals surface area contributed by atoms with Crippen molar-refractivity contribution in [2.45, 2.75) is 33.6 Å². The molecular formula is C12H16O4. The fraction of sp³-hybridized carbons (Fsp3) is 0.417. The Morgan fingerprint density at radius 1 is 1.06 bits per heavy atom. The molecule has 0 aromatic heterocycles. The maximum Gasteiger partial charge on any atom is 0.339 e. The Labute approximate surface area is 94.2 Å². The van der Waals surface area contributed by atoms with Gasteiger partial charge in [-0.05, 0) is 30.9 Å². The third-order valence-electron chi connectivity index (χ3n) is 2.77. The summed E-state index contributed by atoms with van der Waals surface area (Å²) in [5.74, 6) is -1.64. The van der Waals surface area contributed by atoms with Gasteiger partial charge in [-0.2, -0.15) is 0 Å². The van der Waals surface area contributed by atoms with E-state index < -0.39 is 5.97 Å². The van der Waals surface area contributed by atoms with Crippen molar-refractivity contribution in [3.63, 3.8) is 0 Å². The molecule has 4 heteroatoms. The minimum Gasteiger partial charge on any atom is -0.507 e. The summed E-state index contributed by atoms with van der Waals surface area (Å²) in [6.07, 6.45) is 0. The van der Waals surface area contributed by atoms with Gasteiger partial charge in [0.25, 0.3) is 0 Å². The second-order valence-electron chi connectivity index (χ2n) is 4.20. The number of aromatic carboxylic acids is 1. The molecule has 0 fully saturated rings. The standard InChI is InChI=1S/C12H16O4/c1-5(2)8-6(3)10(13)7(4)11(14)9(8)12(15)16/h5,13-14H,1-4H3,(H,15,16). The largest absolute Gasteiger partial charge is 0.507 e. The molecule has 3 N–H and O–H groups in total. The summed E-state index contributed by atoms with van der Waals surface area (Å²) in [6.45, 7) is 6.80. The van der Waals surface area contributed by atoms with E-state index >= 15 is 0 Å². The molecule has 1 aromatic carbocycles. The van der Waals surface area contributed by atoms with E-state index in [0.29, 0.717) is 11.1 Å². The van der Waals surface area contributed by atoms with E-state index in [2.05, 4.69) is 0 Å². The summed E-state index contributed by atoms with van der Waals surface area (Å²) in [4.78, 5) is 11.1. The highest BCUT2D eigenvalue weighted by molar-refractivity contribution is 5.94. The second-order valence-corrected chi connectivity index (χ2v) is 4.20. The quantitative estimate of drug-likeness (QED) is 0.721. The number of carboxylic acids is 1. The summed E-state index contributed by atoms with van der Waals surface area (Å²) >= 11 is 0. The van der Waals surface area contributed by atoms with E-state index in [1.165, 1.54) is 6.92 Å². The summed E-state index contributed by atoms with van der Waals surface area (Å²) in [5.41, 5.74) is 1.10. The van der Waals surface area contributed by atoms with Crippen molar-refractivity contribution in [1.82, 2.24) is 0 Å². The number of aromatic hydroxyl groups is 2. The molecule has 0 aliphatic carbocycles. The number of benzene rings is 1. The van der Waals surface area contributed by atoms with Crippen LogP contribution in [-0.2, 0) is 0 Å². The van der Waals surface area contributed by atoms with Crippen LogP contribution >= 0.6 is 0 Å². The first-order valence-corrected chi connectivity index (χ1v) is 5.07. The van der Waals surface area contributed by atoms with Crippen LogP contribution in [0.2, 0.25) is 0 Å². The van der Waals surface area contributed by atoms with Gasteiger partial charge in [-0.1, -0.05) is 13.8 Å². The van der Waals surface area contributed by atoms with Crippen LogP contribution < -0.4 is 0 Å². The summed E-state index contributed by atoms with van der Waals surface area (Å²) in [7, 11) is 0. The fourth-order valence-electron chi connectivity index (χ4n) is 1.96. The van der Waals surface area contributed by atoms with E-state index in [1.807, 2.05) is 13.8 Å². The van der Waals surface area contributed by atoms with Crippen molar-refractivity contribution in [2.24, 2.45) is 0 Å². The molecule has 0 aliphatic heterocycles. The Morgan fingerprint density at radius 3 is 1.94 bits per heavy atom. The molecule has 88 valence electrons. The summed E-state index contributed by atoms with van der Waals surface area (Å²) in [6, 6.07) is 0. The Hall–Kier alpha value is -1.71. The van der Waals surface area contributed by atoms with Gasteiger partial charge in [0.05, 0.1) is 0 Å². The molecule has 0 bridgehead atoms. The van der Waals surface area contributed by atoms with Crippen molar-refractivity contribution in [2.75, 3.05) is 0 Å². The number of hydrogen-bond donors (Lipinski definition) is 3. The van der Waals surface area contributed by atoms with Crippen molar-refractivity contribution in [1.29, 1.82) is 0 Å². The lowest BCUT2D eigenvalue weighted by molar-refractivity contribution is 0.0691. The van der Waals surface area contributed by atoms with Crippen molar-refractivity contribution >= 4 is 5.97 Å². The van der Waals surface area contributed by atoms with Gasteiger partial charge in [0.15, 0.2) is 0 Å². The average molecular weight is 224 g/mol. The number of rotatable bonds is 2. The summed E-state index contributed by atoms with van der Waals surface area (Å²) in [5, 5.41) is 28.6. The first-order chi connectivity index (χ1) is 7.29. The third-order valence-corrected chi connectivity index (χ3v) is 2.77. The van der Waals surface area contributed by atoms with Crippen LogP contribution in [0, 0.1) is 13.8 Å². The Kier molecular flexibility index (Phi) is 3.12. The average Bonchev–Trinajstić information content (AvgIpc) is 2.18. The molecule has 0 saturated heterocycles. The van der Waals surface area contributed by atoms with Crippen LogP contribution in [-0.4, -0.2) is 21.3 Å². The number of phenolic OH excluding ortho intramolecular Hbond substituents is 1. The molecule has 0 saturated carbocycles. The van der Waals surface area contributed by atoms with E-state index in [4.69, 9.17) is 5.11 Å². The highest BCUT2D eigenvalue weighted by Crippen LogP contribution is 2.39. The van der Waals surface area contributed by atoms with Crippen LogP contribution in [0.25, 0.3) is 0 Å². The molecule has 0 unspecified atom stereocenters. The van der Waals surface area contributed by atoms with Gasteiger partial charge >= 0.3 is 5.97 Å². The lowest BCUT2D eigenvalue weighted by Gasteiger charge is -2.18. The maximum atomic E-state index is 11.1. The normalized spacial score (nSPS) is 10.8.